The monoisotopic (exact) mass is 363 g/mol. The third-order valence-electron chi connectivity index (χ3n) is 4.44. The first-order valence-corrected chi connectivity index (χ1v) is 8.86. The zero-order chi connectivity index (χ0) is 18.9. The summed E-state index contributed by atoms with van der Waals surface area (Å²) in [4.78, 5) is 14.2. The first kappa shape index (κ1) is 18.1. The minimum atomic E-state index is -0.427. The number of nitriles is 1. The number of nitrogens with one attached hydrogen (secondary N) is 1. The molecule has 1 aliphatic rings. The van der Waals surface area contributed by atoms with Gasteiger partial charge in [0.1, 0.15) is 17.8 Å². The Kier molecular flexibility index (Phi) is 4.80. The molecule has 3 rings (SSSR count). The predicted molar refractivity (Wildman–Crippen MR) is 107 cm³/mol. The molecule has 0 aromatic heterocycles. The topological polar surface area (TPSA) is 56.1 Å². The Hall–Kier alpha value is -2.71. The van der Waals surface area contributed by atoms with Crippen molar-refractivity contribution in [3.05, 3.63) is 76.3 Å². The van der Waals surface area contributed by atoms with Gasteiger partial charge in [0.25, 0.3) is 5.91 Å². The van der Waals surface area contributed by atoms with Gasteiger partial charge in [0, 0.05) is 5.69 Å². The third kappa shape index (κ3) is 3.33. The van der Waals surface area contributed by atoms with Gasteiger partial charge in [0.15, 0.2) is 0 Å². The molecule has 4 nitrogen and oxygen atoms in total. The zero-order valence-corrected chi connectivity index (χ0v) is 15.9. The van der Waals surface area contributed by atoms with E-state index in [0.717, 1.165) is 11.3 Å². The van der Waals surface area contributed by atoms with Gasteiger partial charge in [0.2, 0.25) is 0 Å². The van der Waals surface area contributed by atoms with Crippen molar-refractivity contribution >= 4 is 24.2 Å². The van der Waals surface area contributed by atoms with Crippen LogP contribution in [0.25, 0.3) is 0 Å². The summed E-state index contributed by atoms with van der Waals surface area (Å²) in [5.41, 5.74) is 3.07. The fourth-order valence-corrected chi connectivity index (χ4v) is 3.35. The maximum Gasteiger partial charge on any atom is 0.266 e. The Bertz CT molecular complexity index is 890. The first-order chi connectivity index (χ1) is 12.3. The van der Waals surface area contributed by atoms with E-state index < -0.39 is 12.1 Å². The third-order valence-corrected chi connectivity index (χ3v) is 4.88. The van der Waals surface area contributed by atoms with E-state index in [-0.39, 0.29) is 11.0 Å². The van der Waals surface area contributed by atoms with Crippen molar-refractivity contribution in [2.24, 2.45) is 0 Å². The Labute approximate surface area is 159 Å². The number of amides is 1. The average Bonchev–Trinajstić information content (AvgIpc) is 2.62. The van der Waals surface area contributed by atoms with E-state index >= 15 is 0 Å². The molecule has 1 aliphatic heterocycles. The number of hydrogen-bond donors (Lipinski definition) is 2. The summed E-state index contributed by atoms with van der Waals surface area (Å²) < 4.78 is 0. The van der Waals surface area contributed by atoms with Crippen LogP contribution < -0.4 is 10.2 Å². The lowest BCUT2D eigenvalue weighted by Gasteiger charge is -2.38. The smallest absolute Gasteiger partial charge is 0.266 e. The van der Waals surface area contributed by atoms with Gasteiger partial charge in [-0.1, -0.05) is 63.2 Å². The number of thiol groups is 1. The van der Waals surface area contributed by atoms with Crippen molar-refractivity contribution in [3.63, 3.8) is 0 Å². The lowest BCUT2D eigenvalue weighted by Crippen LogP contribution is -2.46. The molecule has 1 amide bonds. The molecule has 1 heterocycles. The van der Waals surface area contributed by atoms with Crippen LogP contribution in [0.3, 0.4) is 0 Å². The fourth-order valence-electron chi connectivity index (χ4n) is 2.96. The molecule has 5 heteroatoms. The van der Waals surface area contributed by atoms with Crippen LogP contribution in [0.4, 0.5) is 5.69 Å². The van der Waals surface area contributed by atoms with Crippen LogP contribution in [-0.2, 0) is 10.2 Å². The van der Waals surface area contributed by atoms with Crippen molar-refractivity contribution in [3.8, 4) is 6.07 Å². The molecule has 2 aromatic carbocycles. The molecule has 0 bridgehead atoms. The second kappa shape index (κ2) is 6.89. The van der Waals surface area contributed by atoms with Crippen LogP contribution in [0.1, 0.15) is 38.1 Å². The predicted octanol–water partition coefficient (Wildman–Crippen LogP) is 4.28. The molecule has 0 radical (unpaired) electrons. The van der Waals surface area contributed by atoms with Crippen LogP contribution in [-0.4, -0.2) is 5.91 Å². The highest BCUT2D eigenvalue weighted by Crippen LogP contribution is 2.36. The molecule has 2 aromatic rings. The van der Waals surface area contributed by atoms with Crippen molar-refractivity contribution in [1.29, 1.82) is 5.26 Å². The second-order valence-electron chi connectivity index (χ2n) is 7.26. The molecule has 1 atom stereocenters. The van der Waals surface area contributed by atoms with E-state index in [4.69, 9.17) is 0 Å². The standard InChI is InChI=1S/C21H21N3OS/c1-21(2,3)15-11-9-14(10-12-15)18-23-19(25)17(13-22)20(26)24(18)16-7-5-4-6-8-16/h4-12,18,26H,1-3H3,(H,23,25)/t18-/m0/s1. The number of para-hydroxylation sites is 1. The van der Waals surface area contributed by atoms with Crippen LogP contribution in [0.2, 0.25) is 0 Å². The number of carbonyl (C=O) groups is 1. The van der Waals surface area contributed by atoms with Crippen LogP contribution in [0, 0.1) is 11.3 Å². The van der Waals surface area contributed by atoms with Gasteiger partial charge in [-0.2, -0.15) is 5.26 Å². The molecule has 0 saturated heterocycles. The van der Waals surface area contributed by atoms with E-state index in [1.165, 1.54) is 5.56 Å². The number of benzene rings is 2. The maximum absolute atomic E-state index is 12.4. The van der Waals surface area contributed by atoms with Crippen molar-refractivity contribution in [1.82, 2.24) is 5.32 Å². The van der Waals surface area contributed by atoms with E-state index in [9.17, 15) is 10.1 Å². The fraction of sp³-hybridized carbons (Fsp3) is 0.238. The molecule has 26 heavy (non-hydrogen) atoms. The zero-order valence-electron chi connectivity index (χ0n) is 15.0. The molecule has 0 spiro atoms. The lowest BCUT2D eigenvalue weighted by molar-refractivity contribution is -0.118. The number of rotatable bonds is 2. The highest BCUT2D eigenvalue weighted by atomic mass is 32.1. The molecule has 132 valence electrons. The summed E-state index contributed by atoms with van der Waals surface area (Å²) in [6, 6.07) is 19.7. The number of carbonyl (C=O) groups excluding carboxylic acids is 1. The largest absolute Gasteiger partial charge is 0.327 e. The Balaban J connectivity index is 2.09. The molecule has 0 saturated carbocycles. The normalized spacial score (nSPS) is 17.7. The summed E-state index contributed by atoms with van der Waals surface area (Å²) in [7, 11) is 0. The van der Waals surface area contributed by atoms with Gasteiger partial charge < -0.3 is 10.2 Å². The van der Waals surface area contributed by atoms with Crippen molar-refractivity contribution in [2.45, 2.75) is 32.4 Å². The second-order valence-corrected chi connectivity index (χ2v) is 7.69. The highest BCUT2D eigenvalue weighted by molar-refractivity contribution is 7.84. The summed E-state index contributed by atoms with van der Waals surface area (Å²) >= 11 is 4.50. The maximum atomic E-state index is 12.4. The molecule has 0 fully saturated rings. The van der Waals surface area contributed by atoms with Crippen LogP contribution in [0.5, 0.6) is 0 Å². The van der Waals surface area contributed by atoms with Gasteiger partial charge in [-0.25, -0.2) is 0 Å². The minimum absolute atomic E-state index is 0.0137. The summed E-state index contributed by atoms with van der Waals surface area (Å²) in [5.74, 6) is -0.408. The molecule has 1 N–H and O–H groups in total. The van der Waals surface area contributed by atoms with Gasteiger partial charge in [-0.15, -0.1) is 12.6 Å². The Morgan fingerprint density at radius 2 is 1.69 bits per heavy atom. The van der Waals surface area contributed by atoms with Gasteiger partial charge in [-0.05, 0) is 28.7 Å². The van der Waals surface area contributed by atoms with Crippen LogP contribution in [0.15, 0.2) is 65.2 Å². The van der Waals surface area contributed by atoms with E-state index in [2.05, 4.69) is 50.8 Å². The average molecular weight is 363 g/mol. The van der Waals surface area contributed by atoms with Gasteiger partial charge >= 0.3 is 0 Å². The number of anilines is 1. The lowest BCUT2D eigenvalue weighted by atomic mass is 9.86. The Morgan fingerprint density at radius 1 is 1.08 bits per heavy atom. The van der Waals surface area contributed by atoms with Crippen molar-refractivity contribution in [2.75, 3.05) is 4.90 Å². The van der Waals surface area contributed by atoms with E-state index in [1.54, 1.807) is 0 Å². The number of nitrogens with zero attached hydrogens (tertiary/aromatic N) is 2. The van der Waals surface area contributed by atoms with Crippen molar-refractivity contribution < 1.29 is 4.79 Å². The van der Waals surface area contributed by atoms with Crippen LogP contribution >= 0.6 is 12.6 Å². The number of hydrogen-bond acceptors (Lipinski definition) is 4. The molecular formula is C21H21N3OS. The first-order valence-electron chi connectivity index (χ1n) is 8.42. The molecule has 0 unspecified atom stereocenters. The quantitative estimate of drug-likeness (QED) is 0.783. The summed E-state index contributed by atoms with van der Waals surface area (Å²) in [5, 5.41) is 12.6. The van der Waals surface area contributed by atoms with Gasteiger partial charge in [0.05, 0.1) is 5.03 Å². The van der Waals surface area contributed by atoms with E-state index in [0.29, 0.717) is 5.03 Å². The molecular weight excluding hydrogens is 342 g/mol. The SMILES string of the molecule is CC(C)(C)c1ccc([C@H]2NC(=O)C(C#N)=C(S)N2c2ccccc2)cc1. The molecule has 0 aliphatic carbocycles. The highest BCUT2D eigenvalue weighted by Gasteiger charge is 2.34. The summed E-state index contributed by atoms with van der Waals surface area (Å²) in [6.45, 7) is 6.48. The van der Waals surface area contributed by atoms with Gasteiger partial charge in [-0.3, -0.25) is 4.79 Å². The minimum Gasteiger partial charge on any atom is -0.327 e. The Morgan fingerprint density at radius 3 is 2.23 bits per heavy atom. The summed E-state index contributed by atoms with van der Waals surface area (Å²) in [6.07, 6.45) is -0.427. The van der Waals surface area contributed by atoms with E-state index in [1.807, 2.05) is 53.4 Å².